The number of fused-ring (bicyclic) bond motifs is 11. The van der Waals surface area contributed by atoms with Crippen molar-refractivity contribution in [2.45, 2.75) is 0 Å². The number of hydrogen-bond donors (Lipinski definition) is 0. The summed E-state index contributed by atoms with van der Waals surface area (Å²) in [6.07, 6.45) is 0. The van der Waals surface area contributed by atoms with Crippen LogP contribution in [0.25, 0.3) is 90.2 Å². The van der Waals surface area contributed by atoms with Gasteiger partial charge in [0.05, 0.1) is 0 Å². The molecule has 4 aromatic heterocycles. The van der Waals surface area contributed by atoms with E-state index in [1.54, 1.807) is 6.80 Å². The molecule has 0 aliphatic rings. The summed E-state index contributed by atoms with van der Waals surface area (Å²) in [5.74, 6) is 0. The fraction of sp³-hybridized carbons (Fsp3) is 0. The molecule has 0 aliphatic carbocycles. The van der Waals surface area contributed by atoms with Crippen molar-refractivity contribution in [3.8, 4) is 0 Å². The second-order valence-electron chi connectivity index (χ2n) is 10.3. The SMILES string of the molecule is c1cc2cc3cc4cc5c(cc4cc3cc2s1)sc1c2cc3cc4cc6ccsc6cc4cc3cc2[te]c51. The Bertz CT molecular complexity index is 2440. The Balaban J connectivity index is 1.24. The van der Waals surface area contributed by atoms with Crippen molar-refractivity contribution in [1.82, 2.24) is 0 Å². The monoisotopic (exact) mass is 650 g/mol. The Morgan fingerprint density at radius 1 is 0.421 bits per heavy atom. The van der Waals surface area contributed by atoms with E-state index in [9.17, 15) is 0 Å². The van der Waals surface area contributed by atoms with E-state index in [-0.39, 0.29) is 0 Å². The molecule has 176 valence electrons. The van der Waals surface area contributed by atoms with Gasteiger partial charge in [-0.2, -0.15) is 0 Å². The van der Waals surface area contributed by atoms with Crippen LogP contribution in [0.1, 0.15) is 0 Å². The van der Waals surface area contributed by atoms with Gasteiger partial charge in [0.1, 0.15) is 0 Å². The summed E-state index contributed by atoms with van der Waals surface area (Å²) < 4.78 is 8.94. The minimum atomic E-state index is -0.420. The molecule has 6 aromatic carbocycles. The van der Waals surface area contributed by atoms with Crippen molar-refractivity contribution in [3.63, 3.8) is 0 Å². The van der Waals surface area contributed by atoms with E-state index in [2.05, 4.69) is 95.7 Å². The molecule has 0 nitrogen and oxygen atoms in total. The van der Waals surface area contributed by atoms with Crippen molar-refractivity contribution < 1.29 is 0 Å². The maximum atomic E-state index is 2.50. The van der Waals surface area contributed by atoms with E-state index < -0.39 is 20.4 Å². The maximum absolute atomic E-state index is 2.50. The van der Waals surface area contributed by atoms with E-state index in [0.717, 1.165) is 0 Å². The Kier molecular flexibility index (Phi) is 4.05. The number of benzene rings is 6. The van der Waals surface area contributed by atoms with Gasteiger partial charge in [-0.1, -0.05) is 0 Å². The first-order valence-corrected chi connectivity index (χ1v) is 17.5. The molecule has 0 unspecified atom stereocenters. The van der Waals surface area contributed by atoms with Crippen LogP contribution in [0, 0.1) is 0 Å². The zero-order valence-electron chi connectivity index (χ0n) is 19.9. The molecule has 0 atom stereocenters. The molecule has 0 saturated heterocycles. The minimum absolute atomic E-state index is 0.420. The summed E-state index contributed by atoms with van der Waals surface area (Å²) in [7, 11) is 0. The van der Waals surface area contributed by atoms with E-state index in [0.29, 0.717) is 0 Å². The van der Waals surface area contributed by atoms with Crippen LogP contribution in [-0.4, -0.2) is 20.4 Å². The summed E-state index contributed by atoms with van der Waals surface area (Å²) in [6, 6.07) is 33.4. The number of rotatable bonds is 0. The second-order valence-corrected chi connectivity index (χ2v) is 16.2. The van der Waals surface area contributed by atoms with Gasteiger partial charge in [-0.05, 0) is 0 Å². The first-order chi connectivity index (χ1) is 18.7. The molecule has 0 radical (unpaired) electrons. The number of hydrogen-bond acceptors (Lipinski definition) is 3. The zero-order chi connectivity index (χ0) is 24.5. The Hall–Kier alpha value is -2.97. The predicted molar refractivity (Wildman–Crippen MR) is 175 cm³/mol. The molecule has 38 heavy (non-hydrogen) atoms. The first kappa shape index (κ1) is 20.9. The molecule has 4 heterocycles. The van der Waals surface area contributed by atoms with E-state index >= 15 is 0 Å². The van der Waals surface area contributed by atoms with E-state index in [1.807, 2.05) is 34.0 Å². The molecule has 0 N–H and O–H groups in total. The summed E-state index contributed by atoms with van der Waals surface area (Å²) in [5, 5.41) is 20.9. The van der Waals surface area contributed by atoms with Crippen LogP contribution >= 0.6 is 34.0 Å². The van der Waals surface area contributed by atoms with Crippen molar-refractivity contribution in [3.05, 3.63) is 95.7 Å². The molecule has 4 heteroatoms. The number of thiophene rings is 3. The third-order valence-electron chi connectivity index (χ3n) is 8.05. The van der Waals surface area contributed by atoms with Crippen LogP contribution in [-0.2, 0) is 0 Å². The fourth-order valence-corrected chi connectivity index (χ4v) is 13.3. The fourth-order valence-electron chi connectivity index (χ4n) is 6.17. The van der Waals surface area contributed by atoms with Crippen molar-refractivity contribution in [2.75, 3.05) is 0 Å². The molecule has 10 aromatic rings. The molecular weight excluding hydrogens is 632 g/mol. The topological polar surface area (TPSA) is 0 Å². The molecule has 0 saturated carbocycles. The molecule has 0 fully saturated rings. The van der Waals surface area contributed by atoms with Crippen LogP contribution in [0.15, 0.2) is 95.7 Å². The van der Waals surface area contributed by atoms with Gasteiger partial charge < -0.3 is 0 Å². The summed E-state index contributed by atoms with van der Waals surface area (Å²) in [4.78, 5) is 0. The molecule has 0 spiro atoms. The van der Waals surface area contributed by atoms with Crippen molar-refractivity contribution in [2.24, 2.45) is 0 Å². The third kappa shape index (κ3) is 2.85. The quantitative estimate of drug-likeness (QED) is 0.113. The van der Waals surface area contributed by atoms with Gasteiger partial charge >= 0.3 is 240 Å². The average Bonchev–Trinajstić information content (AvgIpc) is 3.70. The molecule has 0 aliphatic heterocycles. The Labute approximate surface area is 238 Å². The van der Waals surface area contributed by atoms with Gasteiger partial charge in [-0.15, -0.1) is 0 Å². The summed E-state index contributed by atoms with van der Waals surface area (Å²) in [6.45, 7) is 0. The van der Waals surface area contributed by atoms with Crippen LogP contribution in [0.3, 0.4) is 0 Å². The Morgan fingerprint density at radius 3 is 1.53 bits per heavy atom. The van der Waals surface area contributed by atoms with Crippen molar-refractivity contribution >= 4 is 145 Å². The van der Waals surface area contributed by atoms with E-state index in [4.69, 9.17) is 0 Å². The van der Waals surface area contributed by atoms with Gasteiger partial charge in [0.15, 0.2) is 0 Å². The van der Waals surface area contributed by atoms with Crippen LogP contribution in [0.2, 0.25) is 0 Å². The van der Waals surface area contributed by atoms with E-state index in [1.165, 1.54) is 83.4 Å². The summed E-state index contributed by atoms with van der Waals surface area (Å²) in [5.41, 5.74) is 0. The molecular formula is C34H16S3Te. The molecule has 0 bridgehead atoms. The van der Waals surface area contributed by atoms with Gasteiger partial charge in [-0.3, -0.25) is 0 Å². The standard InChI is InChI=1S/C34H16S3Te/c1-3-35-29-13-23-9-25-15-31-27(11-21(25)7-19(23)5-17(1)29)34-33(37-31)28-12-22-8-20-6-18-2-4-36-30(18)14-24(20)10-26(22)16-32(28)38-34/h1-16H. The molecule has 0 amide bonds. The third-order valence-corrected chi connectivity index (χ3v) is 14.8. The second kappa shape index (κ2) is 7.36. The predicted octanol–water partition coefficient (Wildman–Crippen LogP) is 11.3. The normalized spacial score (nSPS) is 12.7. The first-order valence-electron chi connectivity index (χ1n) is 12.6. The van der Waals surface area contributed by atoms with Crippen LogP contribution in [0.5, 0.6) is 0 Å². The van der Waals surface area contributed by atoms with Gasteiger partial charge in [0.25, 0.3) is 0 Å². The average molecular weight is 648 g/mol. The Morgan fingerprint density at radius 2 is 0.895 bits per heavy atom. The van der Waals surface area contributed by atoms with Crippen LogP contribution < -0.4 is 0 Å². The zero-order valence-corrected chi connectivity index (χ0v) is 24.7. The summed E-state index contributed by atoms with van der Waals surface area (Å²) >= 11 is 5.24. The van der Waals surface area contributed by atoms with Gasteiger partial charge in [0, 0.05) is 0 Å². The van der Waals surface area contributed by atoms with Crippen molar-refractivity contribution in [1.29, 1.82) is 0 Å². The molecule has 10 rings (SSSR count). The van der Waals surface area contributed by atoms with Crippen LogP contribution in [0.4, 0.5) is 0 Å². The van der Waals surface area contributed by atoms with Gasteiger partial charge in [0.2, 0.25) is 0 Å². The van der Waals surface area contributed by atoms with Gasteiger partial charge in [-0.25, -0.2) is 0 Å².